The van der Waals surface area contributed by atoms with Crippen molar-refractivity contribution in [2.75, 3.05) is 0 Å². The Labute approximate surface area is 157 Å². The topological polar surface area (TPSA) is 0 Å². The van der Waals surface area contributed by atoms with E-state index >= 15 is 0 Å². The van der Waals surface area contributed by atoms with Gasteiger partial charge in [0.1, 0.15) is 5.82 Å². The minimum atomic E-state index is -0.225. The lowest BCUT2D eigenvalue weighted by Gasteiger charge is -2.32. The van der Waals surface area contributed by atoms with Gasteiger partial charge in [-0.05, 0) is 79.0 Å². The van der Waals surface area contributed by atoms with Crippen LogP contribution in [0.5, 0.6) is 0 Å². The van der Waals surface area contributed by atoms with Crippen molar-refractivity contribution >= 4 is 0 Å². The molecule has 0 aliphatic heterocycles. The van der Waals surface area contributed by atoms with Crippen LogP contribution in [0.4, 0.5) is 4.39 Å². The fourth-order valence-corrected chi connectivity index (χ4v) is 4.11. The molecular weight excluding hydrogens is 319 g/mol. The largest absolute Gasteiger partial charge is 0.207 e. The zero-order chi connectivity index (χ0) is 18.4. The van der Waals surface area contributed by atoms with Gasteiger partial charge in [0.15, 0.2) is 0 Å². The molecule has 26 heavy (non-hydrogen) atoms. The maximum absolute atomic E-state index is 12.9. The summed E-state index contributed by atoms with van der Waals surface area (Å²) in [6.07, 6.45) is 8.16. The minimum Gasteiger partial charge on any atom is -0.207 e. The fraction of sp³-hybridized carbons (Fsp3) is 0.440. The molecule has 0 N–H and O–H groups in total. The second-order valence-corrected chi connectivity index (χ2v) is 7.82. The molecule has 2 aromatic carbocycles. The molecule has 0 radical (unpaired) electrons. The lowest BCUT2D eigenvalue weighted by Crippen LogP contribution is -2.21. The maximum atomic E-state index is 12.9. The lowest BCUT2D eigenvalue weighted by molar-refractivity contribution is 0.210. The summed E-state index contributed by atoms with van der Waals surface area (Å²) >= 11 is 0. The van der Waals surface area contributed by atoms with E-state index in [0.29, 0.717) is 0 Å². The first kappa shape index (κ1) is 18.7. The Kier molecular flexibility index (Phi) is 6.51. The van der Waals surface area contributed by atoms with Crippen LogP contribution < -0.4 is 0 Å². The third-order valence-corrected chi connectivity index (χ3v) is 5.98. The number of rotatable bonds is 4. The van der Waals surface area contributed by atoms with Gasteiger partial charge in [-0.25, -0.2) is 4.39 Å². The van der Waals surface area contributed by atoms with E-state index < -0.39 is 0 Å². The third-order valence-electron chi connectivity index (χ3n) is 5.98. The first-order valence-electron chi connectivity index (χ1n) is 10.0. The Morgan fingerprint density at radius 3 is 1.96 bits per heavy atom. The first-order valence-corrected chi connectivity index (χ1v) is 10.0. The van der Waals surface area contributed by atoms with Crippen molar-refractivity contribution in [2.45, 2.75) is 52.4 Å². The van der Waals surface area contributed by atoms with Gasteiger partial charge in [0.25, 0.3) is 0 Å². The summed E-state index contributed by atoms with van der Waals surface area (Å²) in [5, 5.41) is 0. The van der Waals surface area contributed by atoms with Gasteiger partial charge in [0, 0.05) is 11.1 Å². The molecule has 0 heterocycles. The van der Waals surface area contributed by atoms with E-state index in [-0.39, 0.29) is 5.82 Å². The smallest absolute Gasteiger partial charge is 0.123 e. The fourth-order valence-electron chi connectivity index (χ4n) is 4.11. The van der Waals surface area contributed by atoms with Crippen molar-refractivity contribution in [3.8, 4) is 11.8 Å². The van der Waals surface area contributed by atoms with Crippen molar-refractivity contribution in [2.24, 2.45) is 17.8 Å². The zero-order valence-electron chi connectivity index (χ0n) is 16.0. The van der Waals surface area contributed by atoms with Crippen LogP contribution in [0.15, 0.2) is 48.5 Å². The van der Waals surface area contributed by atoms with E-state index in [1.807, 2.05) is 0 Å². The summed E-state index contributed by atoms with van der Waals surface area (Å²) in [5.74, 6) is 8.64. The summed E-state index contributed by atoms with van der Waals surface area (Å²) in [7, 11) is 0. The Morgan fingerprint density at radius 1 is 0.885 bits per heavy atom. The molecule has 0 aromatic heterocycles. The molecule has 1 unspecified atom stereocenters. The molecule has 0 bridgehead atoms. The normalized spacial score (nSPS) is 20.9. The Bertz CT molecular complexity index is 737. The van der Waals surface area contributed by atoms with E-state index in [0.717, 1.165) is 35.3 Å². The first-order chi connectivity index (χ1) is 12.6. The van der Waals surface area contributed by atoms with Crippen LogP contribution in [0.3, 0.4) is 0 Å². The Morgan fingerprint density at radius 2 is 1.42 bits per heavy atom. The van der Waals surface area contributed by atoms with Crippen LogP contribution in [0.1, 0.15) is 62.6 Å². The molecule has 0 saturated heterocycles. The predicted octanol–water partition coefficient (Wildman–Crippen LogP) is 6.62. The average molecular weight is 349 g/mol. The van der Waals surface area contributed by atoms with Gasteiger partial charge in [-0.15, -0.1) is 0 Å². The standard InChI is InChI=1S/C25H29F/c1-3-20-10-14-24(15-11-20)19(2)18-23-8-6-21(7-9-23)4-5-22-12-16-25(26)17-13-22/h6-9,12-13,16-17,19-20,24H,3,10-11,14-15,18H2,1-2H3. The predicted molar refractivity (Wildman–Crippen MR) is 107 cm³/mol. The van der Waals surface area contributed by atoms with Crippen LogP contribution >= 0.6 is 0 Å². The highest BCUT2D eigenvalue weighted by atomic mass is 19.1. The highest BCUT2D eigenvalue weighted by Crippen LogP contribution is 2.35. The molecule has 1 aliphatic carbocycles. The second kappa shape index (κ2) is 9.04. The summed E-state index contributed by atoms with van der Waals surface area (Å²) in [5.41, 5.74) is 3.25. The molecule has 2 aromatic rings. The van der Waals surface area contributed by atoms with Crippen molar-refractivity contribution in [3.05, 3.63) is 71.0 Å². The monoisotopic (exact) mass is 348 g/mol. The van der Waals surface area contributed by atoms with Gasteiger partial charge in [0.05, 0.1) is 0 Å². The number of hydrogen-bond acceptors (Lipinski definition) is 0. The Hall–Kier alpha value is -2.07. The molecule has 1 aliphatic rings. The summed E-state index contributed by atoms with van der Waals surface area (Å²) in [4.78, 5) is 0. The molecule has 0 spiro atoms. The van der Waals surface area contributed by atoms with Crippen LogP contribution in [-0.4, -0.2) is 0 Å². The second-order valence-electron chi connectivity index (χ2n) is 7.82. The Balaban J connectivity index is 1.55. The third kappa shape index (κ3) is 5.21. The van der Waals surface area contributed by atoms with Gasteiger partial charge >= 0.3 is 0 Å². The van der Waals surface area contributed by atoms with E-state index in [4.69, 9.17) is 0 Å². The highest BCUT2D eigenvalue weighted by Gasteiger charge is 2.24. The van der Waals surface area contributed by atoms with Crippen LogP contribution in [-0.2, 0) is 6.42 Å². The van der Waals surface area contributed by atoms with Crippen molar-refractivity contribution in [1.29, 1.82) is 0 Å². The molecule has 136 valence electrons. The van der Waals surface area contributed by atoms with E-state index in [1.165, 1.54) is 49.8 Å². The average Bonchev–Trinajstić information content (AvgIpc) is 2.68. The number of halogens is 1. The van der Waals surface area contributed by atoms with Crippen LogP contribution in [0.25, 0.3) is 0 Å². The van der Waals surface area contributed by atoms with Gasteiger partial charge in [-0.1, -0.05) is 57.1 Å². The molecule has 0 amide bonds. The molecule has 1 heteroatoms. The number of hydrogen-bond donors (Lipinski definition) is 0. The van der Waals surface area contributed by atoms with E-state index in [2.05, 4.69) is 50.0 Å². The number of benzene rings is 2. The maximum Gasteiger partial charge on any atom is 0.123 e. The summed E-state index contributed by atoms with van der Waals surface area (Å²) in [6, 6.07) is 15.0. The van der Waals surface area contributed by atoms with Crippen LogP contribution in [0.2, 0.25) is 0 Å². The minimum absolute atomic E-state index is 0.225. The van der Waals surface area contributed by atoms with Gasteiger partial charge in [-0.3, -0.25) is 0 Å². The SMILES string of the molecule is CCC1CCC(C(C)Cc2ccc(C#Cc3ccc(F)cc3)cc2)CC1. The molecular formula is C25H29F. The molecule has 3 rings (SSSR count). The zero-order valence-corrected chi connectivity index (χ0v) is 16.0. The van der Waals surface area contributed by atoms with Crippen molar-refractivity contribution < 1.29 is 4.39 Å². The summed E-state index contributed by atoms with van der Waals surface area (Å²) in [6.45, 7) is 4.74. The van der Waals surface area contributed by atoms with Gasteiger partial charge in [0.2, 0.25) is 0 Å². The molecule has 1 fully saturated rings. The van der Waals surface area contributed by atoms with Crippen molar-refractivity contribution in [1.82, 2.24) is 0 Å². The molecule has 0 nitrogen and oxygen atoms in total. The van der Waals surface area contributed by atoms with E-state index in [1.54, 1.807) is 12.1 Å². The molecule has 1 atom stereocenters. The quantitative estimate of drug-likeness (QED) is 0.545. The summed E-state index contributed by atoms with van der Waals surface area (Å²) < 4.78 is 12.9. The molecule has 1 saturated carbocycles. The van der Waals surface area contributed by atoms with E-state index in [9.17, 15) is 4.39 Å². The van der Waals surface area contributed by atoms with Crippen molar-refractivity contribution in [3.63, 3.8) is 0 Å². The van der Waals surface area contributed by atoms with Crippen LogP contribution in [0, 0.1) is 35.4 Å². The highest BCUT2D eigenvalue weighted by molar-refractivity contribution is 5.43. The van der Waals surface area contributed by atoms with Gasteiger partial charge in [-0.2, -0.15) is 0 Å². The van der Waals surface area contributed by atoms with Gasteiger partial charge < -0.3 is 0 Å². The lowest BCUT2D eigenvalue weighted by atomic mass is 9.74.